The Kier molecular flexibility index (Phi) is 8.33. The molecule has 29 heavy (non-hydrogen) atoms. The Morgan fingerprint density at radius 1 is 1.21 bits per heavy atom. The second-order valence-corrected chi connectivity index (χ2v) is 7.42. The van der Waals surface area contributed by atoms with Gasteiger partial charge in [0.25, 0.3) is 0 Å². The van der Waals surface area contributed by atoms with Crippen molar-refractivity contribution in [2.45, 2.75) is 50.7 Å². The van der Waals surface area contributed by atoms with E-state index in [1.165, 1.54) is 0 Å². The standard InChI is InChI=1S/C21H30N6O2/c28-19(14-17-8-4-3-5-9-17)12-11-18-15-22-16-21(29)27(18)13-7-2-1-6-10-20-23-25-26-24-20/h3-5,8-9,11-12,18-19,22,28H,1-2,6-7,10,13-16H2,(H,23,24,25,26)/b12-11+/t18?,19-/m0/s1. The molecule has 0 saturated carbocycles. The van der Waals surface area contributed by atoms with Gasteiger partial charge in [0.05, 0.1) is 18.7 Å². The Hall–Kier alpha value is -2.58. The molecule has 2 heterocycles. The Bertz CT molecular complexity index is 750. The van der Waals surface area contributed by atoms with E-state index in [0.29, 0.717) is 13.0 Å². The van der Waals surface area contributed by atoms with Gasteiger partial charge in [0.15, 0.2) is 5.82 Å². The van der Waals surface area contributed by atoms with Gasteiger partial charge in [-0.1, -0.05) is 60.5 Å². The molecular formula is C21H30N6O2. The molecule has 2 aromatic rings. The maximum absolute atomic E-state index is 12.4. The zero-order valence-electron chi connectivity index (χ0n) is 16.7. The molecule has 156 valence electrons. The number of aliphatic hydroxyl groups excluding tert-OH is 1. The van der Waals surface area contributed by atoms with Crippen LogP contribution in [0, 0.1) is 0 Å². The van der Waals surface area contributed by atoms with E-state index in [1.807, 2.05) is 47.4 Å². The molecule has 0 bridgehead atoms. The van der Waals surface area contributed by atoms with Crippen LogP contribution in [0.1, 0.15) is 37.1 Å². The first kappa shape index (κ1) is 21.1. The average molecular weight is 399 g/mol. The highest BCUT2D eigenvalue weighted by molar-refractivity contribution is 5.79. The predicted molar refractivity (Wildman–Crippen MR) is 110 cm³/mol. The number of aromatic nitrogens is 4. The smallest absolute Gasteiger partial charge is 0.237 e. The number of carbonyl (C=O) groups is 1. The molecule has 0 spiro atoms. The van der Waals surface area contributed by atoms with Crippen LogP contribution in [0.25, 0.3) is 0 Å². The van der Waals surface area contributed by atoms with E-state index in [1.54, 1.807) is 0 Å². The molecule has 1 aliphatic rings. The number of unbranched alkanes of at least 4 members (excludes halogenated alkanes) is 3. The van der Waals surface area contributed by atoms with Crippen LogP contribution >= 0.6 is 0 Å². The number of hydrogen-bond acceptors (Lipinski definition) is 6. The number of H-pyrrole nitrogens is 1. The summed E-state index contributed by atoms with van der Waals surface area (Å²) in [6.07, 6.45) is 8.75. The number of aliphatic hydroxyl groups is 1. The number of hydrogen-bond donors (Lipinski definition) is 3. The Morgan fingerprint density at radius 3 is 2.83 bits per heavy atom. The summed E-state index contributed by atoms with van der Waals surface area (Å²) in [5.41, 5.74) is 1.10. The van der Waals surface area contributed by atoms with Crippen molar-refractivity contribution in [1.82, 2.24) is 30.8 Å². The highest BCUT2D eigenvalue weighted by Crippen LogP contribution is 2.12. The van der Waals surface area contributed by atoms with E-state index in [9.17, 15) is 9.90 Å². The maximum atomic E-state index is 12.4. The highest BCUT2D eigenvalue weighted by atomic mass is 16.3. The van der Waals surface area contributed by atoms with Crippen LogP contribution in [0.15, 0.2) is 42.5 Å². The maximum Gasteiger partial charge on any atom is 0.237 e. The summed E-state index contributed by atoms with van der Waals surface area (Å²) in [5, 5.41) is 27.4. The third-order valence-electron chi connectivity index (χ3n) is 5.13. The molecule has 0 radical (unpaired) electrons. The number of carbonyl (C=O) groups excluding carboxylic acids is 1. The van der Waals surface area contributed by atoms with E-state index in [4.69, 9.17) is 0 Å². The van der Waals surface area contributed by atoms with Crippen LogP contribution < -0.4 is 5.32 Å². The lowest BCUT2D eigenvalue weighted by molar-refractivity contribution is -0.133. The number of benzene rings is 1. The first-order valence-corrected chi connectivity index (χ1v) is 10.3. The number of tetrazole rings is 1. The van der Waals surface area contributed by atoms with Gasteiger partial charge in [0, 0.05) is 25.9 Å². The second kappa shape index (κ2) is 11.4. The molecule has 1 unspecified atom stereocenters. The molecule has 2 atom stereocenters. The van der Waals surface area contributed by atoms with Crippen LogP contribution in [0.3, 0.4) is 0 Å². The van der Waals surface area contributed by atoms with Crippen molar-refractivity contribution in [3.63, 3.8) is 0 Å². The fraction of sp³-hybridized carbons (Fsp3) is 0.524. The lowest BCUT2D eigenvalue weighted by Crippen LogP contribution is -2.54. The molecule has 3 rings (SSSR count). The molecule has 8 heteroatoms. The van der Waals surface area contributed by atoms with Gasteiger partial charge < -0.3 is 15.3 Å². The Labute approximate surface area is 171 Å². The van der Waals surface area contributed by atoms with E-state index in [-0.39, 0.29) is 11.9 Å². The van der Waals surface area contributed by atoms with Gasteiger partial charge >= 0.3 is 0 Å². The minimum atomic E-state index is -0.554. The summed E-state index contributed by atoms with van der Waals surface area (Å²) in [5.74, 6) is 0.872. The van der Waals surface area contributed by atoms with Crippen LogP contribution in [0.5, 0.6) is 0 Å². The monoisotopic (exact) mass is 398 g/mol. The van der Waals surface area contributed by atoms with Crippen molar-refractivity contribution < 1.29 is 9.90 Å². The quantitative estimate of drug-likeness (QED) is 0.389. The largest absolute Gasteiger partial charge is 0.389 e. The SMILES string of the molecule is O=C1CNCC(/C=C/[C@H](O)Cc2ccccc2)N1CCCCCCc1nn[nH]n1. The zero-order chi connectivity index (χ0) is 20.3. The average Bonchev–Trinajstić information content (AvgIpc) is 3.24. The summed E-state index contributed by atoms with van der Waals surface area (Å²) in [6, 6.07) is 9.91. The van der Waals surface area contributed by atoms with Gasteiger partial charge in [0.2, 0.25) is 5.91 Å². The van der Waals surface area contributed by atoms with Crippen LogP contribution in [-0.4, -0.2) is 68.3 Å². The Morgan fingerprint density at radius 2 is 2.03 bits per heavy atom. The fourth-order valence-corrected chi connectivity index (χ4v) is 3.57. The third-order valence-corrected chi connectivity index (χ3v) is 5.13. The topological polar surface area (TPSA) is 107 Å². The normalized spacial score (nSPS) is 18.4. The number of rotatable bonds is 11. The van der Waals surface area contributed by atoms with Gasteiger partial charge in [-0.3, -0.25) is 4.79 Å². The predicted octanol–water partition coefficient (Wildman–Crippen LogP) is 1.26. The minimum absolute atomic E-state index is 0.0130. The lowest BCUT2D eigenvalue weighted by atomic mass is 10.1. The zero-order valence-corrected chi connectivity index (χ0v) is 16.7. The molecule has 0 aliphatic carbocycles. The van der Waals surface area contributed by atoms with Crippen molar-refractivity contribution in [2.75, 3.05) is 19.6 Å². The van der Waals surface area contributed by atoms with Crippen molar-refractivity contribution in [3.05, 3.63) is 53.9 Å². The van der Waals surface area contributed by atoms with Gasteiger partial charge in [-0.2, -0.15) is 5.21 Å². The summed E-state index contributed by atoms with van der Waals surface area (Å²) in [6.45, 7) is 1.85. The number of piperazine rings is 1. The van der Waals surface area contributed by atoms with Crippen molar-refractivity contribution in [2.24, 2.45) is 0 Å². The molecule has 1 aliphatic heterocycles. The number of amides is 1. The van der Waals surface area contributed by atoms with E-state index in [0.717, 1.165) is 56.6 Å². The number of aryl methyl sites for hydroxylation is 1. The van der Waals surface area contributed by atoms with Crippen LogP contribution in [0.4, 0.5) is 0 Å². The van der Waals surface area contributed by atoms with E-state index in [2.05, 4.69) is 25.9 Å². The first-order valence-electron chi connectivity index (χ1n) is 10.3. The molecule has 8 nitrogen and oxygen atoms in total. The van der Waals surface area contributed by atoms with Crippen LogP contribution in [-0.2, 0) is 17.6 Å². The van der Waals surface area contributed by atoms with Gasteiger partial charge in [-0.05, 0) is 18.4 Å². The van der Waals surface area contributed by atoms with Crippen molar-refractivity contribution in [3.8, 4) is 0 Å². The fourth-order valence-electron chi connectivity index (χ4n) is 3.57. The second-order valence-electron chi connectivity index (χ2n) is 7.42. The molecular weight excluding hydrogens is 368 g/mol. The van der Waals surface area contributed by atoms with Crippen molar-refractivity contribution in [1.29, 1.82) is 0 Å². The number of aromatic amines is 1. The molecule has 1 saturated heterocycles. The Balaban J connectivity index is 1.41. The first-order chi connectivity index (χ1) is 14.2. The highest BCUT2D eigenvalue weighted by Gasteiger charge is 2.25. The molecule has 1 aromatic heterocycles. The van der Waals surface area contributed by atoms with Crippen molar-refractivity contribution >= 4 is 5.91 Å². The minimum Gasteiger partial charge on any atom is -0.389 e. The van der Waals surface area contributed by atoms with Crippen LogP contribution in [0.2, 0.25) is 0 Å². The van der Waals surface area contributed by atoms with Gasteiger partial charge in [-0.25, -0.2) is 0 Å². The third kappa shape index (κ3) is 7.07. The molecule has 3 N–H and O–H groups in total. The molecule has 1 aromatic carbocycles. The van der Waals surface area contributed by atoms with E-state index < -0.39 is 6.10 Å². The summed E-state index contributed by atoms with van der Waals surface area (Å²) >= 11 is 0. The molecule has 1 amide bonds. The van der Waals surface area contributed by atoms with Gasteiger partial charge in [0.1, 0.15) is 0 Å². The summed E-state index contributed by atoms with van der Waals surface area (Å²) in [4.78, 5) is 14.3. The van der Waals surface area contributed by atoms with Gasteiger partial charge in [-0.15, -0.1) is 10.2 Å². The van der Waals surface area contributed by atoms with E-state index >= 15 is 0 Å². The molecule has 1 fully saturated rings. The number of nitrogens with zero attached hydrogens (tertiary/aromatic N) is 4. The number of nitrogens with one attached hydrogen (secondary N) is 2. The summed E-state index contributed by atoms with van der Waals surface area (Å²) < 4.78 is 0. The lowest BCUT2D eigenvalue weighted by Gasteiger charge is -2.34. The summed E-state index contributed by atoms with van der Waals surface area (Å²) in [7, 11) is 0.